The lowest BCUT2D eigenvalue weighted by Gasteiger charge is -2.04. The van der Waals surface area contributed by atoms with Gasteiger partial charge in [0.05, 0.1) is 0 Å². The average Bonchev–Trinajstić information content (AvgIpc) is 2.50. The van der Waals surface area contributed by atoms with Crippen LogP contribution in [0.1, 0.15) is 103 Å². The van der Waals surface area contributed by atoms with Crippen molar-refractivity contribution in [2.24, 2.45) is 5.73 Å². The van der Waals surface area contributed by atoms with Crippen molar-refractivity contribution in [3.05, 3.63) is 0 Å². The number of primary amides is 1. The van der Waals surface area contributed by atoms with E-state index in [0.29, 0.717) is 6.42 Å². The largest absolute Gasteiger partial charge is 0.370 e. The van der Waals surface area contributed by atoms with Gasteiger partial charge in [-0.2, -0.15) is 0 Å². The zero-order valence-corrected chi connectivity index (χ0v) is 15.0. The topological polar surface area (TPSA) is 55.1 Å². The van der Waals surface area contributed by atoms with E-state index >= 15 is 0 Å². The number of hydrogen-bond acceptors (Lipinski definition) is 2. The molecule has 0 spiro atoms. The molecule has 3 heteroatoms. The maximum absolute atomic E-state index is 10.5. The van der Waals surface area contributed by atoms with E-state index in [0.717, 1.165) is 13.1 Å². The minimum Gasteiger partial charge on any atom is -0.370 e. The van der Waals surface area contributed by atoms with Gasteiger partial charge in [-0.25, -0.2) is 0 Å². The summed E-state index contributed by atoms with van der Waals surface area (Å²) in [5.41, 5.74) is 5.08. The lowest BCUT2D eigenvalue weighted by Crippen LogP contribution is -2.22. The number of carbonyl (C=O) groups is 1. The summed E-state index contributed by atoms with van der Waals surface area (Å²) in [5, 5.41) is 3.26. The molecule has 0 saturated carbocycles. The molecule has 3 N–H and O–H groups in total. The minimum absolute atomic E-state index is 0.214. The second kappa shape index (κ2) is 18.5. The van der Waals surface area contributed by atoms with Crippen LogP contribution < -0.4 is 11.1 Å². The van der Waals surface area contributed by atoms with Crippen molar-refractivity contribution in [2.45, 2.75) is 103 Å². The Labute approximate surface area is 138 Å². The third-order valence-corrected chi connectivity index (χ3v) is 4.26. The van der Waals surface area contributed by atoms with Crippen molar-refractivity contribution in [1.82, 2.24) is 5.32 Å². The Morgan fingerprint density at radius 3 is 1.50 bits per heavy atom. The van der Waals surface area contributed by atoms with Crippen molar-refractivity contribution >= 4 is 5.91 Å². The van der Waals surface area contributed by atoms with Crippen molar-refractivity contribution in [1.29, 1.82) is 0 Å². The molecule has 0 aliphatic heterocycles. The molecule has 0 saturated heterocycles. The number of nitrogens with one attached hydrogen (secondary N) is 1. The number of unbranched alkanes of at least 4 members (excludes halogenated alkanes) is 13. The normalized spacial score (nSPS) is 11.0. The van der Waals surface area contributed by atoms with E-state index in [4.69, 9.17) is 5.73 Å². The molecule has 0 aromatic rings. The lowest BCUT2D eigenvalue weighted by molar-refractivity contribution is -0.117. The molecular formula is C19H40N2O. The van der Waals surface area contributed by atoms with E-state index in [-0.39, 0.29) is 5.91 Å². The van der Waals surface area contributed by atoms with Gasteiger partial charge in [0.25, 0.3) is 0 Å². The summed E-state index contributed by atoms with van der Waals surface area (Å²) in [4.78, 5) is 10.5. The third-order valence-electron chi connectivity index (χ3n) is 4.26. The van der Waals surface area contributed by atoms with E-state index in [2.05, 4.69) is 12.2 Å². The zero-order chi connectivity index (χ0) is 16.3. The van der Waals surface area contributed by atoms with Crippen molar-refractivity contribution in [3.8, 4) is 0 Å². The van der Waals surface area contributed by atoms with Gasteiger partial charge in [0.1, 0.15) is 0 Å². The van der Waals surface area contributed by atoms with Crippen LogP contribution in [0, 0.1) is 0 Å². The summed E-state index contributed by atoms with van der Waals surface area (Å²) in [6.07, 6.45) is 20.0. The van der Waals surface area contributed by atoms with E-state index in [1.165, 1.54) is 89.9 Å². The average molecular weight is 313 g/mol. The predicted molar refractivity (Wildman–Crippen MR) is 97.0 cm³/mol. The Bertz CT molecular complexity index is 231. The molecule has 3 nitrogen and oxygen atoms in total. The summed E-state index contributed by atoms with van der Waals surface area (Å²) >= 11 is 0. The van der Waals surface area contributed by atoms with Gasteiger partial charge in [0.2, 0.25) is 5.91 Å². The highest BCUT2D eigenvalue weighted by Crippen LogP contribution is 2.12. The predicted octanol–water partition coefficient (Wildman–Crippen LogP) is 4.93. The maximum Gasteiger partial charge on any atom is 0.218 e. The van der Waals surface area contributed by atoms with Gasteiger partial charge < -0.3 is 11.1 Å². The molecule has 0 aliphatic carbocycles. The summed E-state index contributed by atoms with van der Waals surface area (Å²) in [6, 6.07) is 0. The second-order valence-electron chi connectivity index (χ2n) is 6.56. The summed E-state index contributed by atoms with van der Waals surface area (Å²) < 4.78 is 0. The zero-order valence-electron chi connectivity index (χ0n) is 15.0. The minimum atomic E-state index is -0.214. The van der Waals surface area contributed by atoms with Crippen molar-refractivity contribution in [3.63, 3.8) is 0 Å². The van der Waals surface area contributed by atoms with E-state index in [9.17, 15) is 4.79 Å². The molecule has 0 bridgehead atoms. The number of amides is 1. The van der Waals surface area contributed by atoms with Crippen molar-refractivity contribution < 1.29 is 4.79 Å². The maximum atomic E-state index is 10.5. The monoisotopic (exact) mass is 312 g/mol. The molecule has 132 valence electrons. The molecule has 0 rings (SSSR count). The highest BCUT2D eigenvalue weighted by atomic mass is 16.1. The van der Waals surface area contributed by atoms with Crippen LogP contribution in [0.5, 0.6) is 0 Å². The first-order valence-corrected chi connectivity index (χ1v) is 9.76. The van der Waals surface area contributed by atoms with E-state index < -0.39 is 0 Å². The van der Waals surface area contributed by atoms with Gasteiger partial charge in [-0.05, 0) is 13.0 Å². The Kier molecular flexibility index (Phi) is 18.0. The molecule has 0 atom stereocenters. The molecule has 1 amide bonds. The van der Waals surface area contributed by atoms with Crippen LogP contribution >= 0.6 is 0 Å². The summed E-state index contributed by atoms with van der Waals surface area (Å²) in [6.45, 7) is 4.03. The molecule has 0 fully saturated rings. The van der Waals surface area contributed by atoms with Crippen LogP contribution in [0.15, 0.2) is 0 Å². The highest BCUT2D eigenvalue weighted by molar-refractivity contribution is 5.73. The Hall–Kier alpha value is -0.570. The fraction of sp³-hybridized carbons (Fsp3) is 0.947. The SMILES string of the molecule is CCCCCCCCCCCCCCCCNCCC(N)=O. The van der Waals surface area contributed by atoms with Crippen LogP contribution in [0.2, 0.25) is 0 Å². The van der Waals surface area contributed by atoms with Gasteiger partial charge in [-0.3, -0.25) is 4.79 Å². The van der Waals surface area contributed by atoms with Crippen LogP contribution in [-0.2, 0) is 4.79 Å². The Balaban J connectivity index is 2.95. The molecule has 0 aromatic heterocycles. The smallest absolute Gasteiger partial charge is 0.218 e. The first-order chi connectivity index (χ1) is 10.8. The Morgan fingerprint density at radius 2 is 1.09 bits per heavy atom. The first-order valence-electron chi connectivity index (χ1n) is 9.76. The molecular weight excluding hydrogens is 272 g/mol. The highest BCUT2D eigenvalue weighted by Gasteiger charge is 1.95. The second-order valence-corrected chi connectivity index (χ2v) is 6.56. The van der Waals surface area contributed by atoms with Gasteiger partial charge in [0.15, 0.2) is 0 Å². The van der Waals surface area contributed by atoms with Gasteiger partial charge >= 0.3 is 0 Å². The first kappa shape index (κ1) is 21.4. The molecule has 0 aromatic carbocycles. The van der Waals surface area contributed by atoms with Crippen LogP contribution in [0.4, 0.5) is 0 Å². The lowest BCUT2D eigenvalue weighted by atomic mass is 10.0. The number of carbonyl (C=O) groups excluding carboxylic acids is 1. The van der Waals surface area contributed by atoms with Crippen LogP contribution in [-0.4, -0.2) is 19.0 Å². The van der Waals surface area contributed by atoms with Crippen molar-refractivity contribution in [2.75, 3.05) is 13.1 Å². The number of rotatable bonds is 18. The molecule has 0 aliphatic rings. The molecule has 0 heterocycles. The fourth-order valence-electron chi connectivity index (χ4n) is 2.78. The molecule has 22 heavy (non-hydrogen) atoms. The standard InChI is InChI=1S/C19H40N2O/c1-2-3-4-5-6-7-8-9-10-11-12-13-14-15-17-21-18-16-19(20)22/h21H,2-18H2,1H3,(H2,20,22). The summed E-state index contributed by atoms with van der Waals surface area (Å²) in [5.74, 6) is -0.214. The summed E-state index contributed by atoms with van der Waals surface area (Å²) in [7, 11) is 0. The third kappa shape index (κ3) is 19.4. The van der Waals surface area contributed by atoms with Gasteiger partial charge in [-0.1, -0.05) is 90.4 Å². The quantitative estimate of drug-likeness (QED) is 0.352. The molecule has 0 unspecified atom stereocenters. The van der Waals surface area contributed by atoms with Crippen LogP contribution in [0.25, 0.3) is 0 Å². The van der Waals surface area contributed by atoms with E-state index in [1.807, 2.05) is 0 Å². The number of nitrogens with two attached hydrogens (primary N) is 1. The van der Waals surface area contributed by atoms with Gasteiger partial charge in [-0.15, -0.1) is 0 Å². The fourth-order valence-corrected chi connectivity index (χ4v) is 2.78. The Morgan fingerprint density at radius 1 is 0.682 bits per heavy atom. The molecule has 0 radical (unpaired) electrons. The number of hydrogen-bond donors (Lipinski definition) is 2. The van der Waals surface area contributed by atoms with Gasteiger partial charge in [0, 0.05) is 13.0 Å². The van der Waals surface area contributed by atoms with E-state index in [1.54, 1.807) is 0 Å². The van der Waals surface area contributed by atoms with Crippen LogP contribution in [0.3, 0.4) is 0 Å².